The fourth-order valence-electron chi connectivity index (χ4n) is 2.86. The molecule has 2 N–H and O–H groups in total. The molecule has 1 fully saturated rings. The molecule has 140 valence electrons. The molecule has 5 nitrogen and oxygen atoms in total. The number of nitrogens with one attached hydrogen (secondary N) is 2. The van der Waals surface area contributed by atoms with Crippen molar-refractivity contribution in [1.29, 1.82) is 0 Å². The first-order valence-corrected chi connectivity index (χ1v) is 9.58. The van der Waals surface area contributed by atoms with Crippen molar-refractivity contribution in [1.82, 2.24) is 10.0 Å². The van der Waals surface area contributed by atoms with Crippen molar-refractivity contribution in [3.05, 3.63) is 29.8 Å². The predicted molar refractivity (Wildman–Crippen MR) is 86.2 cm³/mol. The molecule has 0 radical (unpaired) electrons. The maximum Gasteiger partial charge on any atom is 0.417 e. The molecule has 1 atom stereocenters. The molecule has 0 heterocycles. The molecule has 0 spiro atoms. The number of benzene rings is 1. The van der Waals surface area contributed by atoms with E-state index in [4.69, 9.17) is 0 Å². The van der Waals surface area contributed by atoms with Crippen LogP contribution in [0.25, 0.3) is 0 Å². The molecule has 25 heavy (non-hydrogen) atoms. The lowest BCUT2D eigenvalue weighted by Gasteiger charge is -2.25. The van der Waals surface area contributed by atoms with Crippen LogP contribution in [0.1, 0.15) is 44.6 Å². The Morgan fingerprint density at radius 3 is 2.36 bits per heavy atom. The quantitative estimate of drug-likeness (QED) is 0.827. The van der Waals surface area contributed by atoms with Gasteiger partial charge in [0.2, 0.25) is 15.9 Å². The molecule has 0 saturated heterocycles. The highest BCUT2D eigenvalue weighted by molar-refractivity contribution is 7.89. The van der Waals surface area contributed by atoms with Crippen LogP contribution in [0.3, 0.4) is 0 Å². The number of carbonyl (C=O) groups is 1. The van der Waals surface area contributed by atoms with E-state index in [0.29, 0.717) is 6.07 Å². The van der Waals surface area contributed by atoms with Crippen LogP contribution in [0, 0.1) is 0 Å². The third kappa shape index (κ3) is 5.18. The van der Waals surface area contributed by atoms with Crippen LogP contribution < -0.4 is 10.0 Å². The van der Waals surface area contributed by atoms with E-state index in [1.54, 1.807) is 0 Å². The first kappa shape index (κ1) is 19.7. The Morgan fingerprint density at radius 1 is 1.16 bits per heavy atom. The summed E-state index contributed by atoms with van der Waals surface area (Å²) in [6, 6.07) is 2.69. The maximum absolute atomic E-state index is 13.0. The van der Waals surface area contributed by atoms with Gasteiger partial charge in [-0.25, -0.2) is 8.42 Å². The summed E-state index contributed by atoms with van der Waals surface area (Å²) in [7, 11) is -4.49. The molecule has 1 aliphatic rings. The van der Waals surface area contributed by atoms with Crippen LogP contribution in [-0.2, 0) is 21.0 Å². The molecule has 1 aromatic carbocycles. The van der Waals surface area contributed by atoms with E-state index in [1.165, 1.54) is 13.0 Å². The Bertz CT molecular complexity index is 714. The Morgan fingerprint density at radius 2 is 1.76 bits per heavy atom. The van der Waals surface area contributed by atoms with E-state index >= 15 is 0 Å². The average Bonchev–Trinajstić information content (AvgIpc) is 2.54. The van der Waals surface area contributed by atoms with Crippen molar-refractivity contribution in [3.8, 4) is 0 Å². The van der Waals surface area contributed by atoms with Gasteiger partial charge in [0, 0.05) is 6.04 Å². The Hall–Kier alpha value is -1.61. The summed E-state index contributed by atoms with van der Waals surface area (Å²) in [4.78, 5) is 11.3. The molecular formula is C16H21F3N2O3S. The first-order valence-electron chi connectivity index (χ1n) is 8.10. The van der Waals surface area contributed by atoms with Crippen molar-refractivity contribution in [2.45, 2.75) is 62.2 Å². The Kier molecular flexibility index (Phi) is 6.10. The van der Waals surface area contributed by atoms with E-state index in [-0.39, 0.29) is 6.04 Å². The lowest BCUT2D eigenvalue weighted by atomic mass is 9.95. The van der Waals surface area contributed by atoms with E-state index in [1.807, 2.05) is 4.72 Å². The minimum absolute atomic E-state index is 0.0179. The van der Waals surface area contributed by atoms with Crippen molar-refractivity contribution >= 4 is 15.9 Å². The average molecular weight is 378 g/mol. The second-order valence-electron chi connectivity index (χ2n) is 6.18. The van der Waals surface area contributed by atoms with E-state index in [2.05, 4.69) is 5.32 Å². The molecule has 1 unspecified atom stereocenters. The van der Waals surface area contributed by atoms with Gasteiger partial charge in [-0.1, -0.05) is 31.4 Å². The molecule has 0 bridgehead atoms. The third-order valence-electron chi connectivity index (χ3n) is 4.16. The van der Waals surface area contributed by atoms with Crippen LogP contribution in [0.5, 0.6) is 0 Å². The predicted octanol–water partition coefficient (Wildman–Crippen LogP) is 2.82. The minimum Gasteiger partial charge on any atom is -0.352 e. The van der Waals surface area contributed by atoms with Gasteiger partial charge in [0.15, 0.2) is 0 Å². The van der Waals surface area contributed by atoms with Crippen LogP contribution >= 0.6 is 0 Å². The van der Waals surface area contributed by atoms with Gasteiger partial charge in [0.05, 0.1) is 16.5 Å². The van der Waals surface area contributed by atoms with Crippen molar-refractivity contribution in [3.63, 3.8) is 0 Å². The summed E-state index contributed by atoms with van der Waals surface area (Å²) >= 11 is 0. The zero-order valence-electron chi connectivity index (χ0n) is 13.8. The molecule has 1 aliphatic carbocycles. The van der Waals surface area contributed by atoms with Crippen LogP contribution in [0.15, 0.2) is 29.2 Å². The van der Waals surface area contributed by atoms with Gasteiger partial charge < -0.3 is 5.32 Å². The highest BCUT2D eigenvalue weighted by Crippen LogP contribution is 2.33. The molecule has 2 rings (SSSR count). The molecule has 0 aromatic heterocycles. The zero-order valence-corrected chi connectivity index (χ0v) is 14.6. The molecule has 1 aromatic rings. The van der Waals surface area contributed by atoms with Crippen LogP contribution in [0.2, 0.25) is 0 Å². The number of halogens is 3. The zero-order chi connectivity index (χ0) is 18.7. The first-order chi connectivity index (χ1) is 11.6. The number of sulfonamides is 1. The van der Waals surface area contributed by atoms with E-state index in [0.717, 1.165) is 44.2 Å². The fraction of sp³-hybridized carbons (Fsp3) is 0.562. The molecular weight excluding hydrogens is 357 g/mol. The highest BCUT2D eigenvalue weighted by atomic mass is 32.2. The number of hydrogen-bond acceptors (Lipinski definition) is 3. The number of hydrogen-bond donors (Lipinski definition) is 2. The molecule has 0 aliphatic heterocycles. The van der Waals surface area contributed by atoms with Gasteiger partial charge in [-0.2, -0.15) is 17.9 Å². The van der Waals surface area contributed by atoms with Crippen molar-refractivity contribution in [2.24, 2.45) is 0 Å². The Labute approximate surface area is 145 Å². The van der Waals surface area contributed by atoms with Crippen LogP contribution in [0.4, 0.5) is 13.2 Å². The van der Waals surface area contributed by atoms with Gasteiger partial charge in [-0.3, -0.25) is 4.79 Å². The van der Waals surface area contributed by atoms with Gasteiger partial charge in [-0.15, -0.1) is 0 Å². The van der Waals surface area contributed by atoms with Gasteiger partial charge in [-0.05, 0) is 31.9 Å². The number of carbonyl (C=O) groups excluding carboxylic acids is 1. The van der Waals surface area contributed by atoms with Gasteiger partial charge in [0.25, 0.3) is 0 Å². The summed E-state index contributed by atoms with van der Waals surface area (Å²) in [6.07, 6.45) is -0.0834. The van der Waals surface area contributed by atoms with Crippen LogP contribution in [-0.4, -0.2) is 26.4 Å². The molecule has 1 saturated carbocycles. The monoisotopic (exact) mass is 378 g/mol. The summed E-state index contributed by atoms with van der Waals surface area (Å²) in [5.41, 5.74) is -1.26. The van der Waals surface area contributed by atoms with Gasteiger partial charge in [0.1, 0.15) is 0 Å². The fourth-order valence-corrected chi connectivity index (χ4v) is 4.29. The third-order valence-corrected chi connectivity index (χ3v) is 5.76. The lowest BCUT2D eigenvalue weighted by Crippen LogP contribution is -2.48. The lowest BCUT2D eigenvalue weighted by molar-refractivity contribution is -0.139. The van der Waals surface area contributed by atoms with Crippen molar-refractivity contribution < 1.29 is 26.4 Å². The Balaban J connectivity index is 2.11. The number of rotatable bonds is 5. The smallest absolute Gasteiger partial charge is 0.352 e. The largest absolute Gasteiger partial charge is 0.417 e. The summed E-state index contributed by atoms with van der Waals surface area (Å²) < 4.78 is 65.7. The molecule has 9 heteroatoms. The SMILES string of the molecule is CC(NS(=O)(=O)c1ccccc1C(F)(F)F)C(=O)NC1CCCCC1. The molecule has 1 amide bonds. The normalized spacial score (nSPS) is 17.9. The summed E-state index contributed by atoms with van der Waals surface area (Å²) in [5.74, 6) is -0.542. The summed E-state index contributed by atoms with van der Waals surface area (Å²) in [5, 5.41) is 2.75. The standard InChI is InChI=1S/C16H21F3N2O3S/c1-11(15(22)20-12-7-3-2-4-8-12)21-25(23,24)14-10-6-5-9-13(14)16(17,18)19/h5-6,9-12,21H,2-4,7-8H2,1H3,(H,20,22). The van der Waals surface area contributed by atoms with Crippen molar-refractivity contribution in [2.75, 3.05) is 0 Å². The number of amides is 1. The van der Waals surface area contributed by atoms with E-state index in [9.17, 15) is 26.4 Å². The number of alkyl halides is 3. The minimum atomic E-state index is -4.81. The van der Waals surface area contributed by atoms with Gasteiger partial charge >= 0.3 is 6.18 Å². The highest BCUT2D eigenvalue weighted by Gasteiger charge is 2.37. The second-order valence-corrected chi connectivity index (χ2v) is 7.86. The topological polar surface area (TPSA) is 75.3 Å². The maximum atomic E-state index is 13.0. The summed E-state index contributed by atoms with van der Waals surface area (Å²) in [6.45, 7) is 1.31. The van der Waals surface area contributed by atoms with E-state index < -0.39 is 38.6 Å². The second kappa shape index (κ2) is 7.74.